The Morgan fingerprint density at radius 1 is 1.04 bits per heavy atom. The summed E-state index contributed by atoms with van der Waals surface area (Å²) in [7, 11) is 0. The maximum atomic E-state index is 12.9. The average Bonchev–Trinajstić information content (AvgIpc) is 3.02. The van der Waals surface area contributed by atoms with Crippen LogP contribution >= 0.6 is 0 Å². The van der Waals surface area contributed by atoms with E-state index in [1.807, 2.05) is 9.80 Å². The number of nitrogens with zero attached hydrogens (tertiary/aromatic N) is 4. The van der Waals surface area contributed by atoms with Crippen LogP contribution in [0.3, 0.4) is 0 Å². The molecule has 2 amide bonds. The van der Waals surface area contributed by atoms with E-state index in [-0.39, 0.29) is 35.9 Å². The molecule has 0 spiro atoms. The Hall–Kier alpha value is -2.96. The predicted molar refractivity (Wildman–Crippen MR) is 99.1 cm³/mol. The lowest BCUT2D eigenvalue weighted by Gasteiger charge is -2.36. The molecule has 2 atom stereocenters. The molecule has 5 heterocycles. The summed E-state index contributed by atoms with van der Waals surface area (Å²) in [5, 5.41) is 0. The SMILES string of the molecule is O=C(c1ccccn1)N1C[C@@H]2CC[C@H](C1)N(C(=O)Cn1ccccc1=O)C2. The lowest BCUT2D eigenvalue weighted by atomic mass is 9.95. The summed E-state index contributed by atoms with van der Waals surface area (Å²) in [5.41, 5.74) is 0.255. The molecular formula is C20H22N4O3. The van der Waals surface area contributed by atoms with Gasteiger partial charge in [0.25, 0.3) is 11.5 Å². The molecule has 3 aliphatic rings. The third kappa shape index (κ3) is 3.63. The van der Waals surface area contributed by atoms with E-state index in [0.717, 1.165) is 12.8 Å². The van der Waals surface area contributed by atoms with Crippen molar-refractivity contribution in [2.45, 2.75) is 25.4 Å². The Morgan fingerprint density at radius 2 is 1.89 bits per heavy atom. The third-order valence-corrected chi connectivity index (χ3v) is 5.41. The van der Waals surface area contributed by atoms with E-state index in [9.17, 15) is 14.4 Å². The third-order valence-electron chi connectivity index (χ3n) is 5.41. The number of rotatable bonds is 3. The van der Waals surface area contributed by atoms with Crippen molar-refractivity contribution in [1.29, 1.82) is 0 Å². The van der Waals surface area contributed by atoms with Gasteiger partial charge in [-0.1, -0.05) is 12.1 Å². The smallest absolute Gasteiger partial charge is 0.272 e. The maximum Gasteiger partial charge on any atom is 0.272 e. The number of aromatic nitrogens is 2. The predicted octanol–water partition coefficient (Wildman–Crippen LogP) is 1.01. The molecule has 2 aromatic heterocycles. The summed E-state index contributed by atoms with van der Waals surface area (Å²) in [6.45, 7) is 1.83. The van der Waals surface area contributed by atoms with Crippen LogP contribution in [0.25, 0.3) is 0 Å². The molecule has 7 nitrogen and oxygen atoms in total. The molecule has 0 N–H and O–H groups in total. The van der Waals surface area contributed by atoms with E-state index in [4.69, 9.17) is 0 Å². The van der Waals surface area contributed by atoms with Crippen LogP contribution < -0.4 is 5.56 Å². The molecule has 5 rings (SSSR count). The highest BCUT2D eigenvalue weighted by Crippen LogP contribution is 2.28. The van der Waals surface area contributed by atoms with Crippen molar-refractivity contribution in [2.75, 3.05) is 19.6 Å². The fourth-order valence-corrected chi connectivity index (χ4v) is 4.03. The Labute approximate surface area is 157 Å². The largest absolute Gasteiger partial charge is 0.336 e. The molecule has 0 radical (unpaired) electrons. The lowest BCUT2D eigenvalue weighted by Crippen LogP contribution is -2.49. The number of amides is 2. The number of hydrogen-bond acceptors (Lipinski definition) is 4. The Balaban J connectivity index is 1.50. The molecular weight excluding hydrogens is 344 g/mol. The van der Waals surface area contributed by atoms with Gasteiger partial charge in [-0.3, -0.25) is 19.4 Å². The minimum atomic E-state index is -0.183. The fourth-order valence-electron chi connectivity index (χ4n) is 4.03. The van der Waals surface area contributed by atoms with Gasteiger partial charge in [0, 0.05) is 44.1 Å². The van der Waals surface area contributed by atoms with Gasteiger partial charge < -0.3 is 14.4 Å². The normalized spacial score (nSPS) is 21.8. The second-order valence-electron chi connectivity index (χ2n) is 7.24. The molecule has 27 heavy (non-hydrogen) atoms. The van der Waals surface area contributed by atoms with Crippen molar-refractivity contribution in [3.05, 3.63) is 64.8 Å². The number of piperidine rings is 1. The van der Waals surface area contributed by atoms with E-state index in [1.165, 1.54) is 10.6 Å². The van der Waals surface area contributed by atoms with Gasteiger partial charge in [0.2, 0.25) is 5.91 Å². The number of hydrogen-bond donors (Lipinski definition) is 0. The van der Waals surface area contributed by atoms with Crippen LogP contribution in [0.5, 0.6) is 0 Å². The van der Waals surface area contributed by atoms with Gasteiger partial charge in [-0.05, 0) is 37.0 Å². The molecule has 2 bridgehead atoms. The zero-order chi connectivity index (χ0) is 18.8. The van der Waals surface area contributed by atoms with Gasteiger partial charge in [0.05, 0.1) is 0 Å². The molecule has 0 aliphatic carbocycles. The minimum Gasteiger partial charge on any atom is -0.336 e. The van der Waals surface area contributed by atoms with Gasteiger partial charge in [0.1, 0.15) is 12.2 Å². The summed E-state index contributed by atoms with van der Waals surface area (Å²) in [4.78, 5) is 45.4. The standard InChI is InChI=1S/C20H22N4O3/c25-18-6-2-4-10-22(18)14-19(26)24-12-15-7-8-16(24)13-23(11-15)20(27)17-5-1-3-9-21-17/h1-6,9-10,15-16H,7-8,11-14H2/t15-,16+/m0/s1. The van der Waals surface area contributed by atoms with Gasteiger partial charge in [-0.25, -0.2) is 0 Å². The minimum absolute atomic E-state index is 0.0108. The molecule has 2 aromatic rings. The first-order chi connectivity index (χ1) is 13.1. The van der Waals surface area contributed by atoms with Crippen molar-refractivity contribution in [1.82, 2.24) is 19.4 Å². The first-order valence-corrected chi connectivity index (χ1v) is 9.27. The molecule has 3 fully saturated rings. The van der Waals surface area contributed by atoms with Gasteiger partial charge >= 0.3 is 0 Å². The molecule has 140 valence electrons. The lowest BCUT2D eigenvalue weighted by molar-refractivity contribution is -0.136. The van der Waals surface area contributed by atoms with Gasteiger partial charge in [-0.15, -0.1) is 0 Å². The van der Waals surface area contributed by atoms with E-state index in [1.54, 1.807) is 42.7 Å². The summed E-state index contributed by atoms with van der Waals surface area (Å²) >= 11 is 0. The zero-order valence-corrected chi connectivity index (χ0v) is 15.0. The quantitative estimate of drug-likeness (QED) is 0.812. The van der Waals surface area contributed by atoms with Crippen molar-refractivity contribution in [2.24, 2.45) is 5.92 Å². The summed E-state index contributed by atoms with van der Waals surface area (Å²) in [6, 6.07) is 10.2. The Kier molecular flexibility index (Phi) is 4.75. The Morgan fingerprint density at radius 3 is 2.67 bits per heavy atom. The number of fused-ring (bicyclic) bond motifs is 4. The summed E-state index contributed by atoms with van der Waals surface area (Å²) in [5.74, 6) is 0.110. The second-order valence-corrected chi connectivity index (χ2v) is 7.24. The second kappa shape index (κ2) is 7.34. The highest BCUT2D eigenvalue weighted by Gasteiger charge is 2.38. The number of carbonyl (C=O) groups is 2. The van der Waals surface area contributed by atoms with E-state index in [0.29, 0.717) is 25.3 Å². The average molecular weight is 366 g/mol. The van der Waals surface area contributed by atoms with Crippen molar-refractivity contribution < 1.29 is 9.59 Å². The zero-order valence-electron chi connectivity index (χ0n) is 15.0. The highest BCUT2D eigenvalue weighted by atomic mass is 16.2. The van der Waals surface area contributed by atoms with Crippen LogP contribution in [-0.4, -0.2) is 56.8 Å². The molecule has 0 aromatic carbocycles. The number of pyridine rings is 2. The topological polar surface area (TPSA) is 75.5 Å². The van der Waals surface area contributed by atoms with Crippen molar-refractivity contribution in [3.8, 4) is 0 Å². The van der Waals surface area contributed by atoms with Crippen LogP contribution in [0.2, 0.25) is 0 Å². The molecule has 0 saturated carbocycles. The van der Waals surface area contributed by atoms with Crippen LogP contribution in [0.4, 0.5) is 0 Å². The fraction of sp³-hybridized carbons (Fsp3) is 0.400. The monoisotopic (exact) mass is 366 g/mol. The van der Waals surface area contributed by atoms with E-state index < -0.39 is 0 Å². The first kappa shape index (κ1) is 17.5. The number of carbonyl (C=O) groups excluding carboxylic acids is 2. The highest BCUT2D eigenvalue weighted by molar-refractivity contribution is 5.92. The Bertz CT molecular complexity index is 895. The van der Waals surface area contributed by atoms with Crippen LogP contribution in [0.15, 0.2) is 53.6 Å². The first-order valence-electron chi connectivity index (χ1n) is 9.27. The molecule has 3 aliphatic heterocycles. The molecule has 0 unspecified atom stereocenters. The summed E-state index contributed by atoms with van der Waals surface area (Å²) < 4.78 is 1.43. The van der Waals surface area contributed by atoms with Crippen molar-refractivity contribution in [3.63, 3.8) is 0 Å². The van der Waals surface area contributed by atoms with Crippen molar-refractivity contribution >= 4 is 11.8 Å². The maximum absolute atomic E-state index is 12.9. The molecule has 3 saturated heterocycles. The van der Waals surface area contributed by atoms with Gasteiger partial charge in [0.15, 0.2) is 0 Å². The van der Waals surface area contributed by atoms with Gasteiger partial charge in [-0.2, -0.15) is 0 Å². The van der Waals surface area contributed by atoms with Crippen LogP contribution in [-0.2, 0) is 11.3 Å². The summed E-state index contributed by atoms with van der Waals surface area (Å²) in [6.07, 6.45) is 5.14. The van der Waals surface area contributed by atoms with E-state index >= 15 is 0 Å². The van der Waals surface area contributed by atoms with Crippen LogP contribution in [0, 0.1) is 5.92 Å². The van der Waals surface area contributed by atoms with E-state index in [2.05, 4.69) is 4.98 Å². The van der Waals surface area contributed by atoms with Crippen LogP contribution in [0.1, 0.15) is 23.3 Å². The molecule has 7 heteroatoms.